The zero-order valence-corrected chi connectivity index (χ0v) is 23.6. The van der Waals surface area contributed by atoms with E-state index in [1.165, 1.54) is 11.3 Å². The Bertz CT molecular complexity index is 1190. The van der Waals surface area contributed by atoms with Gasteiger partial charge in [-0.3, -0.25) is 9.36 Å². The number of hydrogen-bond acceptors (Lipinski definition) is 5. The van der Waals surface area contributed by atoms with Crippen molar-refractivity contribution in [3.63, 3.8) is 0 Å². The summed E-state index contributed by atoms with van der Waals surface area (Å²) in [4.78, 5) is 4.64. The molecule has 0 saturated carbocycles. The lowest BCUT2D eigenvalue weighted by Crippen LogP contribution is -2.30. The zero-order chi connectivity index (χ0) is 26.7. The summed E-state index contributed by atoms with van der Waals surface area (Å²) in [5.41, 5.74) is 7.31. The maximum Gasteiger partial charge on any atom is 0.159 e. The highest BCUT2D eigenvalue weighted by atomic mass is 19.1. The van der Waals surface area contributed by atoms with Gasteiger partial charge in [0.2, 0.25) is 0 Å². The Morgan fingerprint density at radius 1 is 1.19 bits per heavy atom. The monoisotopic (exact) mass is 510 g/mol. The van der Waals surface area contributed by atoms with Gasteiger partial charge in [-0.05, 0) is 69.5 Å². The van der Waals surface area contributed by atoms with Crippen LogP contribution in [0, 0.1) is 6.92 Å². The second-order valence-electron chi connectivity index (χ2n) is 10.0. The SMILES string of the molecule is CC.CCN(c1cc(C(C)F)c(-c2cnn(C)c2)cc1C)c1nn(C2CCOCC2)c2c1CN(C)CC2. The zero-order valence-electron chi connectivity index (χ0n) is 23.6. The fourth-order valence-electron chi connectivity index (χ4n) is 5.59. The summed E-state index contributed by atoms with van der Waals surface area (Å²) >= 11 is 0. The van der Waals surface area contributed by atoms with E-state index in [9.17, 15) is 4.39 Å². The fourth-order valence-corrected chi connectivity index (χ4v) is 5.59. The van der Waals surface area contributed by atoms with E-state index in [0.29, 0.717) is 11.6 Å². The minimum absolute atomic E-state index is 0.379. The van der Waals surface area contributed by atoms with Crippen LogP contribution < -0.4 is 4.90 Å². The van der Waals surface area contributed by atoms with E-state index in [0.717, 1.165) is 80.3 Å². The number of hydrogen-bond donors (Lipinski definition) is 0. The molecule has 0 bridgehead atoms. The van der Waals surface area contributed by atoms with Crippen LogP contribution in [0.25, 0.3) is 11.1 Å². The van der Waals surface area contributed by atoms with E-state index in [1.54, 1.807) is 17.8 Å². The lowest BCUT2D eigenvalue weighted by Gasteiger charge is -2.29. The second kappa shape index (κ2) is 11.8. The number of rotatable bonds is 6. The molecule has 7 nitrogen and oxygen atoms in total. The third kappa shape index (κ3) is 5.46. The van der Waals surface area contributed by atoms with Crippen LogP contribution in [0.15, 0.2) is 24.5 Å². The summed E-state index contributed by atoms with van der Waals surface area (Å²) in [5, 5.41) is 9.55. The van der Waals surface area contributed by atoms with Crippen LogP contribution in [0.3, 0.4) is 0 Å². The molecule has 8 heteroatoms. The van der Waals surface area contributed by atoms with Gasteiger partial charge in [0, 0.05) is 75.0 Å². The molecule has 4 heterocycles. The van der Waals surface area contributed by atoms with Crippen LogP contribution in [-0.4, -0.2) is 57.8 Å². The van der Waals surface area contributed by atoms with E-state index in [1.807, 2.05) is 33.2 Å². The number of ether oxygens (including phenoxy) is 1. The summed E-state index contributed by atoms with van der Waals surface area (Å²) < 4.78 is 24.6. The van der Waals surface area contributed by atoms with Crippen LogP contribution in [-0.2, 0) is 24.8 Å². The smallest absolute Gasteiger partial charge is 0.159 e. The van der Waals surface area contributed by atoms with Gasteiger partial charge in [-0.15, -0.1) is 0 Å². The molecule has 0 aliphatic carbocycles. The molecular formula is C29H43FN6O. The van der Waals surface area contributed by atoms with Crippen molar-refractivity contribution in [3.8, 4) is 11.1 Å². The predicted octanol–water partition coefficient (Wildman–Crippen LogP) is 6.15. The molecule has 0 spiro atoms. The highest BCUT2D eigenvalue weighted by Gasteiger charge is 2.31. The third-order valence-corrected chi connectivity index (χ3v) is 7.47. The normalized spacial score (nSPS) is 17.2. The van der Waals surface area contributed by atoms with Crippen molar-refractivity contribution in [2.24, 2.45) is 7.05 Å². The first-order valence-electron chi connectivity index (χ1n) is 13.8. The number of alkyl halides is 1. The first-order valence-corrected chi connectivity index (χ1v) is 13.8. The predicted molar refractivity (Wildman–Crippen MR) is 148 cm³/mol. The van der Waals surface area contributed by atoms with Gasteiger partial charge in [-0.2, -0.15) is 10.2 Å². The van der Waals surface area contributed by atoms with Crippen LogP contribution in [0.1, 0.15) is 75.1 Å². The first-order chi connectivity index (χ1) is 17.9. The number of aromatic nitrogens is 4. The third-order valence-electron chi connectivity index (χ3n) is 7.47. The Kier molecular flexibility index (Phi) is 8.70. The van der Waals surface area contributed by atoms with Crippen molar-refractivity contribution >= 4 is 11.5 Å². The van der Waals surface area contributed by atoms with Crippen LogP contribution in [0.5, 0.6) is 0 Å². The summed E-state index contributed by atoms with van der Waals surface area (Å²) in [6.45, 7) is 14.1. The van der Waals surface area contributed by atoms with Gasteiger partial charge in [0.15, 0.2) is 5.82 Å². The highest BCUT2D eigenvalue weighted by Crippen LogP contribution is 2.40. The maximum atomic E-state index is 15.0. The van der Waals surface area contributed by atoms with Crippen LogP contribution in [0.2, 0.25) is 0 Å². The van der Waals surface area contributed by atoms with Crippen LogP contribution >= 0.6 is 0 Å². The molecule has 0 radical (unpaired) electrons. The van der Waals surface area contributed by atoms with Crippen molar-refractivity contribution in [1.82, 2.24) is 24.5 Å². The van der Waals surface area contributed by atoms with E-state index in [4.69, 9.17) is 9.84 Å². The van der Waals surface area contributed by atoms with Gasteiger partial charge in [0.05, 0.1) is 12.2 Å². The van der Waals surface area contributed by atoms with Gasteiger partial charge < -0.3 is 14.5 Å². The first kappa shape index (κ1) is 27.3. The Morgan fingerprint density at radius 3 is 2.54 bits per heavy atom. The molecule has 1 saturated heterocycles. The molecular weight excluding hydrogens is 467 g/mol. The summed E-state index contributed by atoms with van der Waals surface area (Å²) in [5.74, 6) is 1.01. The molecule has 3 aromatic rings. The molecule has 2 aromatic heterocycles. The van der Waals surface area contributed by atoms with Crippen molar-refractivity contribution in [2.75, 3.05) is 38.3 Å². The average molecular weight is 511 g/mol. The molecule has 37 heavy (non-hydrogen) atoms. The number of benzene rings is 1. The van der Waals surface area contributed by atoms with E-state index in [-0.39, 0.29) is 0 Å². The minimum Gasteiger partial charge on any atom is -0.381 e. The molecule has 1 aromatic carbocycles. The van der Waals surface area contributed by atoms with Gasteiger partial charge in [0.25, 0.3) is 0 Å². The standard InChI is InChI=1S/C27H37FN6O.C2H6/c1-6-33(26-14-22(19(3)28)23(13-18(26)2)20-15-29-32(5)16-20)27-24-17-31(4)10-7-25(24)34(30-27)21-8-11-35-12-9-21;1-2/h13-16,19,21H,6-12,17H2,1-5H3;1-2H3. The van der Waals surface area contributed by atoms with Crippen molar-refractivity contribution in [1.29, 1.82) is 0 Å². The van der Waals surface area contributed by atoms with Gasteiger partial charge >= 0.3 is 0 Å². The maximum absolute atomic E-state index is 15.0. The van der Waals surface area contributed by atoms with Crippen molar-refractivity contribution in [2.45, 2.75) is 72.6 Å². The number of nitrogens with zero attached hydrogens (tertiary/aromatic N) is 6. The van der Waals surface area contributed by atoms with Crippen molar-refractivity contribution < 1.29 is 9.13 Å². The van der Waals surface area contributed by atoms with Gasteiger partial charge in [-0.25, -0.2) is 4.39 Å². The molecule has 0 amide bonds. The van der Waals surface area contributed by atoms with Gasteiger partial charge in [0.1, 0.15) is 6.17 Å². The minimum atomic E-state index is -1.09. The van der Waals surface area contributed by atoms with E-state index >= 15 is 0 Å². The summed E-state index contributed by atoms with van der Waals surface area (Å²) in [7, 11) is 4.06. The molecule has 1 fully saturated rings. The highest BCUT2D eigenvalue weighted by molar-refractivity contribution is 5.76. The number of anilines is 2. The molecule has 1 atom stereocenters. The van der Waals surface area contributed by atoms with Crippen molar-refractivity contribution in [3.05, 3.63) is 46.9 Å². The largest absolute Gasteiger partial charge is 0.381 e. The molecule has 5 rings (SSSR count). The number of aryl methyl sites for hydroxylation is 2. The Labute approximate surface area is 221 Å². The quantitative estimate of drug-likeness (QED) is 0.398. The topological polar surface area (TPSA) is 51.4 Å². The number of fused-ring (bicyclic) bond motifs is 1. The Morgan fingerprint density at radius 2 is 1.92 bits per heavy atom. The average Bonchev–Trinajstić information content (AvgIpc) is 3.50. The van der Waals surface area contributed by atoms with E-state index < -0.39 is 6.17 Å². The fraction of sp³-hybridized carbons (Fsp3) is 0.586. The lowest BCUT2D eigenvalue weighted by molar-refractivity contribution is 0.0651. The molecule has 2 aliphatic rings. The lowest BCUT2D eigenvalue weighted by atomic mass is 9.95. The second-order valence-corrected chi connectivity index (χ2v) is 10.0. The summed E-state index contributed by atoms with van der Waals surface area (Å²) in [6, 6.07) is 4.51. The van der Waals surface area contributed by atoms with E-state index in [2.05, 4.69) is 46.5 Å². The Hall–Kier alpha value is -2.71. The molecule has 202 valence electrons. The van der Waals surface area contributed by atoms with Gasteiger partial charge in [-0.1, -0.05) is 13.8 Å². The molecule has 2 aliphatic heterocycles. The summed E-state index contributed by atoms with van der Waals surface area (Å²) in [6.07, 6.45) is 5.65. The number of halogens is 1. The number of likely N-dealkylation sites (N-methyl/N-ethyl adjacent to an activating group) is 1. The molecule has 0 N–H and O–H groups in total. The molecule has 1 unspecified atom stereocenters. The van der Waals surface area contributed by atoms with Crippen LogP contribution in [0.4, 0.5) is 15.9 Å². The Balaban J connectivity index is 0.00000156.